The maximum absolute atomic E-state index is 5.33. The minimum absolute atomic E-state index is 0.989. The number of rotatable bonds is 4. The maximum atomic E-state index is 5.33. The third-order valence-electron chi connectivity index (χ3n) is 9.40. The Morgan fingerprint density at radius 3 is 1.96 bits per heavy atom. The maximum Gasteiger partial charge on any atom is 0.124 e. The average molecular weight is 630 g/mol. The zero-order valence-corrected chi connectivity index (χ0v) is 26.7. The van der Waals surface area contributed by atoms with Gasteiger partial charge in [0, 0.05) is 38.4 Å². The van der Waals surface area contributed by atoms with Crippen LogP contribution < -0.4 is 0 Å². The first-order chi connectivity index (χ1) is 23.8. The number of nitrogens with zero attached hydrogens (tertiary/aromatic N) is 3. The van der Waals surface area contributed by atoms with Gasteiger partial charge in [0.25, 0.3) is 0 Å². The third kappa shape index (κ3) is 4.27. The number of aromatic nitrogens is 3. The molecule has 0 aliphatic heterocycles. The minimum atomic E-state index is 0.989. The summed E-state index contributed by atoms with van der Waals surface area (Å²) < 4.78 is 3.59. The summed E-state index contributed by atoms with van der Waals surface area (Å²) in [5.74, 6) is 0. The van der Waals surface area contributed by atoms with Crippen LogP contribution in [0.1, 0.15) is 0 Å². The van der Waals surface area contributed by atoms with Crippen LogP contribution in [0, 0.1) is 0 Å². The van der Waals surface area contributed by atoms with Crippen LogP contribution in [0.25, 0.3) is 92.3 Å². The van der Waals surface area contributed by atoms with E-state index in [1.54, 1.807) is 11.3 Å². The number of para-hydroxylation sites is 4. The standard InChI is InChI=1S/C44H27N3S/c1-2-13-32(14-3-1)47-40-19-8-5-16-34(40)36-26-35-33-15-4-6-17-38(33)45-43(37(35)27-41(36)47)31-12-10-11-30(25-31)28-21-23-29(24-22-28)44-46-39-18-7-9-20-42(39)48-44/h1-27H. The molecule has 0 saturated carbocycles. The molecule has 0 radical (unpaired) electrons. The summed E-state index contributed by atoms with van der Waals surface area (Å²) in [6.07, 6.45) is 0. The zero-order chi connectivity index (χ0) is 31.6. The molecule has 0 N–H and O–H groups in total. The Bertz CT molecular complexity index is 2790. The molecule has 10 aromatic rings. The fourth-order valence-electron chi connectivity index (χ4n) is 7.14. The highest BCUT2D eigenvalue weighted by molar-refractivity contribution is 7.21. The van der Waals surface area contributed by atoms with Crippen molar-refractivity contribution < 1.29 is 0 Å². The van der Waals surface area contributed by atoms with Gasteiger partial charge in [0.15, 0.2) is 0 Å². The highest BCUT2D eigenvalue weighted by atomic mass is 32.1. The van der Waals surface area contributed by atoms with E-state index < -0.39 is 0 Å². The first-order valence-corrected chi connectivity index (χ1v) is 17.0. The summed E-state index contributed by atoms with van der Waals surface area (Å²) >= 11 is 1.73. The van der Waals surface area contributed by atoms with E-state index in [-0.39, 0.29) is 0 Å². The van der Waals surface area contributed by atoms with E-state index in [0.29, 0.717) is 0 Å². The lowest BCUT2D eigenvalue weighted by Gasteiger charge is -2.13. The van der Waals surface area contributed by atoms with Crippen molar-refractivity contribution >= 4 is 65.0 Å². The first-order valence-electron chi connectivity index (χ1n) is 16.2. The van der Waals surface area contributed by atoms with Gasteiger partial charge in [-0.05, 0) is 71.1 Å². The molecule has 3 aromatic heterocycles. The van der Waals surface area contributed by atoms with Crippen molar-refractivity contribution in [3.05, 3.63) is 164 Å². The monoisotopic (exact) mass is 629 g/mol. The van der Waals surface area contributed by atoms with E-state index in [0.717, 1.165) is 54.9 Å². The minimum Gasteiger partial charge on any atom is -0.309 e. The second kappa shape index (κ2) is 10.7. The van der Waals surface area contributed by atoms with E-state index in [1.807, 2.05) is 6.07 Å². The van der Waals surface area contributed by atoms with Gasteiger partial charge in [0.05, 0.1) is 32.5 Å². The molecule has 7 aromatic carbocycles. The van der Waals surface area contributed by atoms with Gasteiger partial charge in [-0.1, -0.05) is 109 Å². The van der Waals surface area contributed by atoms with Crippen LogP contribution in [-0.4, -0.2) is 14.5 Å². The molecule has 10 rings (SSSR count). The summed E-state index contributed by atoms with van der Waals surface area (Å²) in [5, 5.41) is 7.05. The molecule has 0 atom stereocenters. The van der Waals surface area contributed by atoms with Gasteiger partial charge in [-0.2, -0.15) is 0 Å². The number of hydrogen-bond acceptors (Lipinski definition) is 3. The molecule has 3 heterocycles. The molecule has 0 bridgehead atoms. The van der Waals surface area contributed by atoms with E-state index in [1.165, 1.54) is 37.5 Å². The smallest absolute Gasteiger partial charge is 0.124 e. The Hall–Kier alpha value is -6.10. The Kier molecular flexibility index (Phi) is 6.05. The van der Waals surface area contributed by atoms with Crippen LogP contribution in [0.4, 0.5) is 0 Å². The van der Waals surface area contributed by atoms with E-state index in [4.69, 9.17) is 9.97 Å². The van der Waals surface area contributed by atoms with Gasteiger partial charge in [0.2, 0.25) is 0 Å². The van der Waals surface area contributed by atoms with Crippen molar-refractivity contribution in [3.63, 3.8) is 0 Å². The number of thiazole rings is 1. The van der Waals surface area contributed by atoms with E-state index in [9.17, 15) is 0 Å². The second-order valence-corrected chi connectivity index (χ2v) is 13.3. The van der Waals surface area contributed by atoms with Crippen LogP contribution in [0.15, 0.2) is 164 Å². The van der Waals surface area contributed by atoms with Crippen LogP contribution in [0.2, 0.25) is 0 Å². The lowest BCUT2D eigenvalue weighted by molar-refractivity contribution is 1.18. The molecule has 0 aliphatic carbocycles. The van der Waals surface area contributed by atoms with Crippen molar-refractivity contribution in [2.24, 2.45) is 0 Å². The molecular formula is C44H27N3S. The van der Waals surface area contributed by atoms with Gasteiger partial charge in [-0.3, -0.25) is 0 Å². The van der Waals surface area contributed by atoms with Crippen LogP contribution in [-0.2, 0) is 0 Å². The Labute approximate surface area is 281 Å². The Balaban J connectivity index is 1.16. The van der Waals surface area contributed by atoms with Gasteiger partial charge in [-0.15, -0.1) is 11.3 Å². The van der Waals surface area contributed by atoms with E-state index >= 15 is 0 Å². The third-order valence-corrected chi connectivity index (χ3v) is 10.5. The molecule has 48 heavy (non-hydrogen) atoms. The van der Waals surface area contributed by atoms with Gasteiger partial charge in [0.1, 0.15) is 5.01 Å². The molecule has 0 fully saturated rings. The Morgan fingerprint density at radius 1 is 0.396 bits per heavy atom. The van der Waals surface area contributed by atoms with Crippen molar-refractivity contribution in [3.8, 4) is 38.6 Å². The predicted molar refractivity (Wildman–Crippen MR) is 203 cm³/mol. The molecule has 224 valence electrons. The summed E-state index contributed by atoms with van der Waals surface area (Å²) in [7, 11) is 0. The lowest BCUT2D eigenvalue weighted by Crippen LogP contribution is -1.94. The average Bonchev–Trinajstić information content (AvgIpc) is 3.74. The van der Waals surface area contributed by atoms with Crippen molar-refractivity contribution in [1.82, 2.24) is 14.5 Å². The van der Waals surface area contributed by atoms with Crippen LogP contribution in [0.5, 0.6) is 0 Å². The summed E-state index contributed by atoms with van der Waals surface area (Å²) in [6, 6.07) is 58.5. The zero-order valence-electron chi connectivity index (χ0n) is 25.8. The lowest BCUT2D eigenvalue weighted by atomic mass is 9.95. The fourth-order valence-corrected chi connectivity index (χ4v) is 8.11. The SMILES string of the molecule is c1ccc(-n2c3ccccc3c3cc4c(cc32)c(-c2cccc(-c3ccc(-c5nc6ccccc6s5)cc3)c2)nc2ccccc24)cc1. The molecule has 3 nitrogen and oxygen atoms in total. The fraction of sp³-hybridized carbons (Fsp3) is 0. The Morgan fingerprint density at radius 2 is 1.10 bits per heavy atom. The normalized spacial score (nSPS) is 11.8. The van der Waals surface area contributed by atoms with Crippen molar-refractivity contribution in [2.45, 2.75) is 0 Å². The predicted octanol–water partition coefficient (Wildman–Crippen LogP) is 12.1. The van der Waals surface area contributed by atoms with Gasteiger partial charge >= 0.3 is 0 Å². The van der Waals surface area contributed by atoms with Crippen molar-refractivity contribution in [2.75, 3.05) is 0 Å². The highest BCUT2D eigenvalue weighted by Gasteiger charge is 2.18. The first kappa shape index (κ1) is 27.1. The molecule has 0 saturated heterocycles. The molecule has 0 spiro atoms. The van der Waals surface area contributed by atoms with Crippen LogP contribution in [0.3, 0.4) is 0 Å². The number of pyridine rings is 1. The molecular weight excluding hydrogens is 603 g/mol. The van der Waals surface area contributed by atoms with Crippen LogP contribution >= 0.6 is 11.3 Å². The van der Waals surface area contributed by atoms with E-state index in [2.05, 4.69) is 162 Å². The molecule has 0 unspecified atom stereocenters. The quantitative estimate of drug-likeness (QED) is 0.181. The van der Waals surface area contributed by atoms with Gasteiger partial charge < -0.3 is 4.57 Å². The van der Waals surface area contributed by atoms with Crippen molar-refractivity contribution in [1.29, 1.82) is 0 Å². The largest absolute Gasteiger partial charge is 0.309 e. The number of fused-ring (bicyclic) bond motifs is 7. The molecule has 4 heteroatoms. The summed E-state index contributed by atoms with van der Waals surface area (Å²) in [5.41, 5.74) is 11.1. The topological polar surface area (TPSA) is 30.7 Å². The highest BCUT2D eigenvalue weighted by Crippen LogP contribution is 2.40. The number of benzene rings is 7. The molecule has 0 aliphatic rings. The number of hydrogen-bond donors (Lipinski definition) is 0. The second-order valence-electron chi connectivity index (χ2n) is 12.2. The molecule has 0 amide bonds. The van der Waals surface area contributed by atoms with Gasteiger partial charge in [-0.25, -0.2) is 9.97 Å². The summed E-state index contributed by atoms with van der Waals surface area (Å²) in [4.78, 5) is 10.2. The summed E-state index contributed by atoms with van der Waals surface area (Å²) in [6.45, 7) is 0.